The van der Waals surface area contributed by atoms with Crippen LogP contribution in [0, 0.1) is 6.92 Å². The van der Waals surface area contributed by atoms with Gasteiger partial charge in [-0.3, -0.25) is 0 Å². The molecule has 18 heavy (non-hydrogen) atoms. The van der Waals surface area contributed by atoms with Gasteiger partial charge >= 0.3 is 0 Å². The maximum absolute atomic E-state index is 12.2. The normalized spacial score (nSPS) is 11.9. The van der Waals surface area contributed by atoms with E-state index in [9.17, 15) is 8.42 Å². The van der Waals surface area contributed by atoms with E-state index in [1.165, 1.54) is 11.3 Å². The molecule has 0 fully saturated rings. The van der Waals surface area contributed by atoms with E-state index in [4.69, 9.17) is 4.74 Å². The minimum atomic E-state index is -3.44. The second kappa shape index (κ2) is 7.20. The number of nitrogens with one attached hydrogen (secondary N) is 2. The van der Waals surface area contributed by atoms with Gasteiger partial charge in [-0.1, -0.05) is 0 Å². The van der Waals surface area contributed by atoms with Crippen LogP contribution in [0.5, 0.6) is 0 Å². The molecule has 0 unspecified atom stereocenters. The highest BCUT2D eigenvalue weighted by Gasteiger charge is 2.22. The van der Waals surface area contributed by atoms with E-state index in [1.807, 2.05) is 19.2 Å². The molecule has 0 bridgehead atoms. The summed E-state index contributed by atoms with van der Waals surface area (Å²) in [5.41, 5.74) is 0.786. The van der Waals surface area contributed by atoms with Crippen LogP contribution in [0.3, 0.4) is 0 Å². The Morgan fingerprint density at radius 2 is 2.17 bits per heavy atom. The van der Waals surface area contributed by atoms with Gasteiger partial charge in [-0.15, -0.1) is 11.3 Å². The average molecular weight is 292 g/mol. The van der Waals surface area contributed by atoms with E-state index in [2.05, 4.69) is 10.0 Å². The molecule has 0 amide bonds. The molecule has 0 aliphatic rings. The molecule has 0 aromatic carbocycles. The Bertz CT molecular complexity index is 469. The van der Waals surface area contributed by atoms with Crippen molar-refractivity contribution in [2.24, 2.45) is 0 Å². The first-order valence-electron chi connectivity index (χ1n) is 5.82. The van der Waals surface area contributed by atoms with Crippen LogP contribution in [0.1, 0.15) is 17.4 Å². The third-order valence-electron chi connectivity index (χ3n) is 2.34. The number of thiophene rings is 1. The lowest BCUT2D eigenvalue weighted by Gasteiger charge is -2.09. The lowest BCUT2D eigenvalue weighted by molar-refractivity contribution is 0.153. The molecule has 0 aliphatic carbocycles. The van der Waals surface area contributed by atoms with Crippen molar-refractivity contribution in [1.29, 1.82) is 0 Å². The fourth-order valence-corrected chi connectivity index (χ4v) is 4.43. The van der Waals surface area contributed by atoms with Crippen molar-refractivity contribution in [2.75, 3.05) is 26.8 Å². The van der Waals surface area contributed by atoms with E-state index in [-0.39, 0.29) is 0 Å². The van der Waals surface area contributed by atoms with E-state index >= 15 is 0 Å². The molecule has 7 heteroatoms. The summed E-state index contributed by atoms with van der Waals surface area (Å²) in [6, 6.07) is 0. The largest absolute Gasteiger partial charge is 0.380 e. The van der Waals surface area contributed by atoms with Gasteiger partial charge in [-0.25, -0.2) is 13.1 Å². The van der Waals surface area contributed by atoms with Crippen molar-refractivity contribution in [3.05, 3.63) is 15.8 Å². The summed E-state index contributed by atoms with van der Waals surface area (Å²) in [4.78, 5) is 1.23. The van der Waals surface area contributed by atoms with Crippen molar-refractivity contribution in [1.82, 2.24) is 10.0 Å². The Kier molecular flexibility index (Phi) is 6.24. The molecule has 0 spiro atoms. The van der Waals surface area contributed by atoms with Crippen molar-refractivity contribution in [2.45, 2.75) is 25.3 Å². The lowest BCUT2D eigenvalue weighted by atomic mass is 10.3. The summed E-state index contributed by atoms with van der Waals surface area (Å²) < 4.78 is 32.0. The highest BCUT2D eigenvalue weighted by Crippen LogP contribution is 2.26. The van der Waals surface area contributed by atoms with Crippen LogP contribution < -0.4 is 10.0 Å². The van der Waals surface area contributed by atoms with E-state index < -0.39 is 10.0 Å². The zero-order chi connectivity index (χ0) is 13.6. The summed E-state index contributed by atoms with van der Waals surface area (Å²) in [6.07, 6.45) is 0. The van der Waals surface area contributed by atoms with Gasteiger partial charge in [-0.05, 0) is 31.8 Å². The molecule has 0 radical (unpaired) electrons. The first-order chi connectivity index (χ1) is 8.53. The molecule has 1 heterocycles. The predicted molar refractivity (Wildman–Crippen MR) is 73.5 cm³/mol. The molecule has 2 N–H and O–H groups in total. The van der Waals surface area contributed by atoms with Crippen LogP contribution in [0.2, 0.25) is 0 Å². The monoisotopic (exact) mass is 292 g/mol. The average Bonchev–Trinajstić information content (AvgIpc) is 2.67. The summed E-state index contributed by atoms with van der Waals surface area (Å²) in [5, 5.41) is 4.84. The Hall–Kier alpha value is -0.470. The number of ether oxygens (including phenoxy) is 1. The maximum atomic E-state index is 12.2. The first-order valence-corrected chi connectivity index (χ1v) is 8.18. The number of aryl methyl sites for hydroxylation is 1. The van der Waals surface area contributed by atoms with Gasteiger partial charge < -0.3 is 10.1 Å². The Morgan fingerprint density at radius 3 is 2.78 bits per heavy atom. The Balaban J connectivity index is 2.80. The van der Waals surface area contributed by atoms with Crippen molar-refractivity contribution in [3.63, 3.8) is 0 Å². The van der Waals surface area contributed by atoms with Crippen LogP contribution in [-0.4, -0.2) is 35.2 Å². The third kappa shape index (κ3) is 4.03. The molecule has 0 saturated heterocycles. The van der Waals surface area contributed by atoms with Crippen LogP contribution in [0.25, 0.3) is 0 Å². The third-order valence-corrected chi connectivity index (χ3v) is 5.26. The number of sulfonamides is 1. The molecular weight excluding hydrogens is 272 g/mol. The molecular formula is C11H20N2O3S2. The number of hydrogen-bond donors (Lipinski definition) is 2. The molecule has 0 aliphatic heterocycles. The van der Waals surface area contributed by atoms with Crippen molar-refractivity contribution >= 4 is 21.4 Å². The van der Waals surface area contributed by atoms with Gasteiger partial charge in [-0.2, -0.15) is 0 Å². The van der Waals surface area contributed by atoms with E-state index in [0.717, 1.165) is 10.4 Å². The summed E-state index contributed by atoms with van der Waals surface area (Å²) in [6.45, 7) is 5.52. The van der Waals surface area contributed by atoms with Gasteiger partial charge in [0.2, 0.25) is 10.0 Å². The zero-order valence-corrected chi connectivity index (χ0v) is 12.6. The van der Waals surface area contributed by atoms with Crippen LogP contribution in [0.4, 0.5) is 0 Å². The topological polar surface area (TPSA) is 67.4 Å². The fourth-order valence-electron chi connectivity index (χ4n) is 1.60. The lowest BCUT2D eigenvalue weighted by Crippen LogP contribution is -2.28. The minimum absolute atomic E-state index is 0.296. The van der Waals surface area contributed by atoms with Crippen LogP contribution in [-0.2, 0) is 21.3 Å². The zero-order valence-electron chi connectivity index (χ0n) is 10.9. The van der Waals surface area contributed by atoms with Crippen LogP contribution in [0.15, 0.2) is 10.3 Å². The highest BCUT2D eigenvalue weighted by molar-refractivity contribution is 7.89. The van der Waals surface area contributed by atoms with Crippen molar-refractivity contribution < 1.29 is 13.2 Å². The summed E-state index contributed by atoms with van der Waals surface area (Å²) >= 11 is 1.46. The number of hydrogen-bond acceptors (Lipinski definition) is 5. The molecule has 104 valence electrons. The van der Waals surface area contributed by atoms with Gasteiger partial charge in [0.05, 0.1) is 6.61 Å². The number of rotatable bonds is 8. The van der Waals surface area contributed by atoms with Crippen LogP contribution >= 0.6 is 11.3 Å². The van der Waals surface area contributed by atoms with Gasteiger partial charge in [0.15, 0.2) is 0 Å². The van der Waals surface area contributed by atoms with Gasteiger partial charge in [0.25, 0.3) is 0 Å². The fraction of sp³-hybridized carbons (Fsp3) is 0.636. The Labute approximate surface area is 113 Å². The van der Waals surface area contributed by atoms with Gasteiger partial charge in [0, 0.05) is 24.6 Å². The van der Waals surface area contributed by atoms with Gasteiger partial charge in [0.1, 0.15) is 4.90 Å². The highest BCUT2D eigenvalue weighted by atomic mass is 32.2. The second-order valence-electron chi connectivity index (χ2n) is 3.80. The molecule has 0 atom stereocenters. The predicted octanol–water partition coefficient (Wildman–Crippen LogP) is 1.09. The minimum Gasteiger partial charge on any atom is -0.380 e. The summed E-state index contributed by atoms with van der Waals surface area (Å²) in [7, 11) is -1.64. The first kappa shape index (κ1) is 15.6. The smallest absolute Gasteiger partial charge is 0.242 e. The molecule has 5 nitrogen and oxygen atoms in total. The molecule has 0 saturated carbocycles. The SMILES string of the molecule is CCOCCNS(=O)(=O)c1c(C)csc1CNC. The van der Waals surface area contributed by atoms with Crippen molar-refractivity contribution in [3.8, 4) is 0 Å². The standard InChI is InChI=1S/C11H20N2O3S2/c1-4-16-6-5-13-18(14,15)11-9(2)8-17-10(11)7-12-3/h8,12-13H,4-7H2,1-3H3. The maximum Gasteiger partial charge on any atom is 0.242 e. The van der Waals surface area contributed by atoms with E-state index in [0.29, 0.717) is 31.2 Å². The van der Waals surface area contributed by atoms with E-state index in [1.54, 1.807) is 7.05 Å². The Morgan fingerprint density at radius 1 is 1.44 bits per heavy atom. The molecule has 1 aromatic heterocycles. The summed E-state index contributed by atoms with van der Waals surface area (Å²) in [5.74, 6) is 0. The molecule has 1 aromatic rings. The molecule has 1 rings (SSSR count). The quantitative estimate of drug-likeness (QED) is 0.704. The second-order valence-corrected chi connectivity index (χ2v) is 6.46.